The Bertz CT molecular complexity index is 814. The Morgan fingerprint density at radius 2 is 2.00 bits per heavy atom. The summed E-state index contributed by atoms with van der Waals surface area (Å²) in [6.07, 6.45) is 1.40. The number of hydrogen-bond acceptors (Lipinski definition) is 6. The van der Waals surface area contributed by atoms with Gasteiger partial charge in [-0.3, -0.25) is 9.59 Å². The van der Waals surface area contributed by atoms with E-state index in [-0.39, 0.29) is 11.7 Å². The average Bonchev–Trinajstić information content (AvgIpc) is 3.29. The molecule has 0 spiro atoms. The fraction of sp³-hybridized carbons (Fsp3) is 0.125. The van der Waals surface area contributed by atoms with Gasteiger partial charge in [0.25, 0.3) is 5.91 Å². The second kappa shape index (κ2) is 7.05. The fourth-order valence-electron chi connectivity index (χ4n) is 2.01. The van der Waals surface area contributed by atoms with E-state index in [2.05, 4.69) is 20.2 Å². The summed E-state index contributed by atoms with van der Waals surface area (Å²) in [6, 6.07) is 9.67. The van der Waals surface area contributed by atoms with Gasteiger partial charge in [-0.1, -0.05) is 16.6 Å². The molecule has 0 aliphatic carbocycles. The maximum absolute atomic E-state index is 12.2. The molecule has 7 nitrogen and oxygen atoms in total. The first-order valence-electron chi connectivity index (χ1n) is 7.16. The molecule has 2 N–H and O–H groups in total. The highest BCUT2D eigenvalue weighted by atomic mass is 32.1. The standard InChI is InChI=1S/C16H14N4O3S/c1-10(17-16(22)14-3-2-8-23-14)15(21)18-12-6-4-11(5-7-12)13-9-24-20-19-13/h2-10H,1H3,(H,17,22)(H,18,21)/t10-/m0/s1. The Balaban J connectivity index is 1.59. The summed E-state index contributed by atoms with van der Waals surface area (Å²) in [4.78, 5) is 24.0. The Morgan fingerprint density at radius 3 is 2.62 bits per heavy atom. The van der Waals surface area contributed by atoms with Crippen LogP contribution in [0.3, 0.4) is 0 Å². The van der Waals surface area contributed by atoms with Crippen molar-refractivity contribution >= 4 is 29.0 Å². The Morgan fingerprint density at radius 1 is 1.21 bits per heavy atom. The minimum atomic E-state index is -0.704. The summed E-state index contributed by atoms with van der Waals surface area (Å²) in [5, 5.41) is 11.2. The lowest BCUT2D eigenvalue weighted by Crippen LogP contribution is -2.41. The highest BCUT2D eigenvalue weighted by Crippen LogP contribution is 2.20. The van der Waals surface area contributed by atoms with E-state index in [9.17, 15) is 9.59 Å². The molecule has 0 saturated carbocycles. The third-order valence-electron chi connectivity index (χ3n) is 3.29. The molecule has 0 bridgehead atoms. The molecule has 122 valence electrons. The van der Waals surface area contributed by atoms with Crippen LogP contribution in [0.2, 0.25) is 0 Å². The predicted molar refractivity (Wildman–Crippen MR) is 89.6 cm³/mol. The number of aromatic nitrogens is 2. The van der Waals surface area contributed by atoms with Crippen molar-refractivity contribution in [1.82, 2.24) is 14.9 Å². The first-order chi connectivity index (χ1) is 11.6. The molecule has 0 aliphatic rings. The number of furan rings is 1. The average molecular weight is 342 g/mol. The maximum atomic E-state index is 12.2. The van der Waals surface area contributed by atoms with Crippen molar-refractivity contribution in [1.29, 1.82) is 0 Å². The molecule has 8 heteroatoms. The van der Waals surface area contributed by atoms with E-state index in [1.165, 1.54) is 23.9 Å². The molecule has 1 aromatic carbocycles. The number of nitrogens with one attached hydrogen (secondary N) is 2. The molecule has 0 radical (unpaired) electrons. The number of carbonyl (C=O) groups excluding carboxylic acids is 2. The molecule has 2 heterocycles. The van der Waals surface area contributed by atoms with Crippen LogP contribution in [0.4, 0.5) is 5.69 Å². The lowest BCUT2D eigenvalue weighted by Gasteiger charge is -2.13. The van der Waals surface area contributed by atoms with Gasteiger partial charge >= 0.3 is 0 Å². The molecule has 1 atom stereocenters. The van der Waals surface area contributed by atoms with Crippen molar-refractivity contribution in [2.24, 2.45) is 0 Å². The van der Waals surface area contributed by atoms with E-state index in [0.29, 0.717) is 5.69 Å². The van der Waals surface area contributed by atoms with E-state index in [0.717, 1.165) is 11.3 Å². The minimum Gasteiger partial charge on any atom is -0.459 e. The number of rotatable bonds is 5. The maximum Gasteiger partial charge on any atom is 0.287 e. The lowest BCUT2D eigenvalue weighted by atomic mass is 10.1. The smallest absolute Gasteiger partial charge is 0.287 e. The van der Waals surface area contributed by atoms with Crippen molar-refractivity contribution in [3.8, 4) is 11.3 Å². The molecule has 2 aromatic heterocycles. The van der Waals surface area contributed by atoms with Crippen LogP contribution in [0.15, 0.2) is 52.5 Å². The van der Waals surface area contributed by atoms with E-state index < -0.39 is 11.9 Å². The number of anilines is 1. The van der Waals surface area contributed by atoms with Gasteiger partial charge in [0.15, 0.2) is 5.76 Å². The molecule has 2 amide bonds. The van der Waals surface area contributed by atoms with Gasteiger partial charge in [0.2, 0.25) is 5.91 Å². The number of benzene rings is 1. The van der Waals surface area contributed by atoms with Crippen molar-refractivity contribution in [2.75, 3.05) is 5.32 Å². The van der Waals surface area contributed by atoms with Crippen LogP contribution < -0.4 is 10.6 Å². The minimum absolute atomic E-state index is 0.163. The third-order valence-corrected chi connectivity index (χ3v) is 3.80. The van der Waals surface area contributed by atoms with E-state index in [1.807, 2.05) is 17.5 Å². The zero-order chi connectivity index (χ0) is 16.9. The summed E-state index contributed by atoms with van der Waals surface area (Å²) < 4.78 is 8.80. The second-order valence-electron chi connectivity index (χ2n) is 5.03. The van der Waals surface area contributed by atoms with Gasteiger partial charge in [-0.15, -0.1) is 5.10 Å². The van der Waals surface area contributed by atoms with E-state index in [1.54, 1.807) is 25.1 Å². The molecule has 0 unspecified atom stereocenters. The van der Waals surface area contributed by atoms with E-state index >= 15 is 0 Å². The molecule has 0 aliphatic heterocycles. The van der Waals surface area contributed by atoms with Crippen LogP contribution in [0.1, 0.15) is 17.5 Å². The van der Waals surface area contributed by atoms with Crippen LogP contribution in [-0.2, 0) is 4.79 Å². The first-order valence-corrected chi connectivity index (χ1v) is 8.00. The Hall–Kier alpha value is -3.00. The lowest BCUT2D eigenvalue weighted by molar-refractivity contribution is -0.117. The topological polar surface area (TPSA) is 97.1 Å². The molecule has 24 heavy (non-hydrogen) atoms. The number of nitrogens with zero attached hydrogens (tertiary/aromatic N) is 2. The quantitative estimate of drug-likeness (QED) is 0.743. The normalized spacial score (nSPS) is 11.7. The number of hydrogen-bond donors (Lipinski definition) is 2. The van der Waals surface area contributed by atoms with Crippen LogP contribution >= 0.6 is 11.5 Å². The van der Waals surface area contributed by atoms with Crippen LogP contribution in [-0.4, -0.2) is 27.4 Å². The summed E-state index contributed by atoms with van der Waals surface area (Å²) in [7, 11) is 0. The van der Waals surface area contributed by atoms with E-state index in [4.69, 9.17) is 4.42 Å². The van der Waals surface area contributed by atoms with Crippen molar-refractivity contribution in [3.05, 3.63) is 53.8 Å². The van der Waals surface area contributed by atoms with Crippen LogP contribution in [0.5, 0.6) is 0 Å². The zero-order valence-corrected chi connectivity index (χ0v) is 13.5. The van der Waals surface area contributed by atoms with Crippen LogP contribution in [0, 0.1) is 0 Å². The molecular formula is C16H14N4O3S. The van der Waals surface area contributed by atoms with Gasteiger partial charge in [0, 0.05) is 16.6 Å². The number of carbonyl (C=O) groups is 2. The molecular weight excluding hydrogens is 328 g/mol. The highest BCUT2D eigenvalue weighted by molar-refractivity contribution is 7.03. The molecule has 3 rings (SSSR count). The van der Waals surface area contributed by atoms with Crippen LogP contribution in [0.25, 0.3) is 11.3 Å². The van der Waals surface area contributed by atoms with Gasteiger partial charge in [-0.2, -0.15) is 0 Å². The third kappa shape index (κ3) is 3.66. The fourth-order valence-corrected chi connectivity index (χ4v) is 2.47. The Labute approximate surface area is 141 Å². The van der Waals surface area contributed by atoms with Gasteiger partial charge in [0.1, 0.15) is 11.7 Å². The second-order valence-corrected chi connectivity index (χ2v) is 5.64. The van der Waals surface area contributed by atoms with Crippen molar-refractivity contribution < 1.29 is 14.0 Å². The van der Waals surface area contributed by atoms with Gasteiger partial charge < -0.3 is 15.1 Å². The highest BCUT2D eigenvalue weighted by Gasteiger charge is 2.18. The molecule has 3 aromatic rings. The SMILES string of the molecule is C[C@H](NC(=O)c1ccco1)C(=O)Nc1ccc(-c2csnn2)cc1. The predicted octanol–water partition coefficient (Wildman–Crippen LogP) is 2.56. The van der Waals surface area contributed by atoms with Gasteiger partial charge in [-0.25, -0.2) is 0 Å². The Kier molecular flexibility index (Phi) is 4.66. The van der Waals surface area contributed by atoms with Gasteiger partial charge in [-0.05, 0) is 42.7 Å². The van der Waals surface area contributed by atoms with Crippen molar-refractivity contribution in [2.45, 2.75) is 13.0 Å². The van der Waals surface area contributed by atoms with Gasteiger partial charge in [0.05, 0.1) is 6.26 Å². The summed E-state index contributed by atoms with van der Waals surface area (Å²) in [5.41, 5.74) is 2.34. The molecule has 0 fully saturated rings. The van der Waals surface area contributed by atoms with Crippen molar-refractivity contribution in [3.63, 3.8) is 0 Å². The summed E-state index contributed by atoms with van der Waals surface area (Å²) >= 11 is 1.28. The summed E-state index contributed by atoms with van der Waals surface area (Å²) in [5.74, 6) is -0.595. The summed E-state index contributed by atoms with van der Waals surface area (Å²) in [6.45, 7) is 1.60. The first kappa shape index (κ1) is 15.9. The zero-order valence-electron chi connectivity index (χ0n) is 12.7. The monoisotopic (exact) mass is 342 g/mol. The molecule has 0 saturated heterocycles. The number of amides is 2. The largest absolute Gasteiger partial charge is 0.459 e.